The Hall–Kier alpha value is -0.700. The fourth-order valence-electron chi connectivity index (χ4n) is 1.43. The highest BCUT2D eigenvalue weighted by Gasteiger charge is 2.19. The minimum atomic E-state index is 0.702. The molecule has 1 aromatic rings. The molecular weight excluding hydrogens is 339 g/mol. The maximum absolute atomic E-state index is 10.1. The number of nitrogens with zero attached hydrogens (tertiary/aromatic N) is 4. The normalized spacial score (nSPS) is 18.1. The van der Waals surface area contributed by atoms with Gasteiger partial charge in [-0.15, -0.1) is 4.91 Å². The van der Waals surface area contributed by atoms with E-state index in [9.17, 15) is 4.91 Å². The van der Waals surface area contributed by atoms with Gasteiger partial charge in [-0.25, -0.2) is 4.98 Å². The zero-order valence-electron chi connectivity index (χ0n) is 8.34. The van der Waals surface area contributed by atoms with Crippen LogP contribution in [0.2, 0.25) is 0 Å². The second-order valence-electron chi connectivity index (χ2n) is 3.22. The lowest BCUT2D eigenvalue weighted by molar-refractivity contribution is 0.455. The van der Waals surface area contributed by atoms with Gasteiger partial charge in [0, 0.05) is 25.0 Å². The van der Waals surface area contributed by atoms with Crippen LogP contribution in [0.25, 0.3) is 0 Å². The average Bonchev–Trinajstić information content (AvgIpc) is 2.70. The number of amidine groups is 1. The summed E-state index contributed by atoms with van der Waals surface area (Å²) in [5, 5.41) is 6.86. The van der Waals surface area contributed by atoms with Crippen molar-refractivity contribution in [2.45, 2.75) is 6.54 Å². The monoisotopic (exact) mass is 348 g/mol. The van der Waals surface area contributed by atoms with Crippen LogP contribution in [0, 0.1) is 8.61 Å². The number of pyridine rings is 1. The van der Waals surface area contributed by atoms with Crippen molar-refractivity contribution >= 4 is 39.5 Å². The molecule has 0 atom stereocenters. The summed E-state index contributed by atoms with van der Waals surface area (Å²) in [6.07, 6.45) is 1.84. The van der Waals surface area contributed by atoms with Crippen LogP contribution in [0.5, 0.6) is 0 Å². The number of hydrogen-bond acceptors (Lipinski definition) is 4. The van der Waals surface area contributed by atoms with Gasteiger partial charge in [0.25, 0.3) is 0 Å². The summed E-state index contributed by atoms with van der Waals surface area (Å²) in [5.74, 6) is 0.951. The van der Waals surface area contributed by atoms with E-state index in [0.29, 0.717) is 5.17 Å². The molecule has 2 rings (SSSR count). The summed E-state index contributed by atoms with van der Waals surface area (Å²) >= 11 is 3.73. The van der Waals surface area contributed by atoms with E-state index in [-0.39, 0.29) is 0 Å². The molecule has 0 N–H and O–H groups in total. The van der Waals surface area contributed by atoms with E-state index in [1.807, 2.05) is 23.2 Å². The van der Waals surface area contributed by atoms with Crippen molar-refractivity contribution in [2.24, 2.45) is 10.4 Å². The summed E-state index contributed by atoms with van der Waals surface area (Å²) in [5.41, 5.74) is 1.11. The highest BCUT2D eigenvalue weighted by molar-refractivity contribution is 14.1. The van der Waals surface area contributed by atoms with Gasteiger partial charge in [0.2, 0.25) is 0 Å². The van der Waals surface area contributed by atoms with Gasteiger partial charge in [-0.05, 0) is 34.2 Å². The van der Waals surface area contributed by atoms with Crippen LogP contribution in [0.1, 0.15) is 5.56 Å². The lowest BCUT2D eigenvalue weighted by Gasteiger charge is -2.16. The third kappa shape index (κ3) is 2.91. The van der Waals surface area contributed by atoms with Crippen LogP contribution >= 0.6 is 34.4 Å². The first kappa shape index (κ1) is 11.8. The lowest BCUT2D eigenvalue weighted by atomic mass is 10.3. The Kier molecular flexibility index (Phi) is 4.10. The Bertz CT molecular complexity index is 408. The van der Waals surface area contributed by atoms with Crippen molar-refractivity contribution in [1.82, 2.24) is 9.88 Å². The fourth-order valence-corrected chi connectivity index (χ4v) is 2.67. The molecule has 0 amide bonds. The maximum Gasteiger partial charge on any atom is 0.189 e. The number of thioether (sulfide) groups is 1. The zero-order valence-corrected chi connectivity index (χ0v) is 11.3. The molecule has 0 radical (unpaired) electrons. The first-order chi connectivity index (χ1) is 7.79. The third-order valence-electron chi connectivity index (χ3n) is 2.15. The largest absolute Gasteiger partial charge is 0.344 e. The second kappa shape index (κ2) is 5.58. The van der Waals surface area contributed by atoms with Gasteiger partial charge in [-0.2, -0.15) is 0 Å². The van der Waals surface area contributed by atoms with E-state index in [4.69, 9.17) is 0 Å². The van der Waals surface area contributed by atoms with E-state index in [2.05, 4.69) is 38.0 Å². The smallest absolute Gasteiger partial charge is 0.189 e. The molecule has 7 heteroatoms. The van der Waals surface area contributed by atoms with Gasteiger partial charge in [-0.1, -0.05) is 22.9 Å². The second-order valence-corrected chi connectivity index (χ2v) is 5.39. The molecule has 0 saturated carbocycles. The first-order valence-corrected chi connectivity index (χ1v) is 6.74. The van der Waals surface area contributed by atoms with Crippen molar-refractivity contribution in [3.63, 3.8) is 0 Å². The molecular formula is C9H9IN4OS. The summed E-state index contributed by atoms with van der Waals surface area (Å²) in [4.78, 5) is 16.4. The van der Waals surface area contributed by atoms with Gasteiger partial charge >= 0.3 is 0 Å². The van der Waals surface area contributed by atoms with E-state index >= 15 is 0 Å². The molecule has 5 nitrogen and oxygen atoms in total. The van der Waals surface area contributed by atoms with E-state index in [1.165, 1.54) is 0 Å². The number of aromatic nitrogens is 1. The van der Waals surface area contributed by atoms with Crippen LogP contribution in [0.15, 0.2) is 28.7 Å². The number of nitroso groups, excluding NO2 is 1. The minimum absolute atomic E-state index is 0.702. The number of rotatable bonds is 3. The Labute approximate surface area is 111 Å². The van der Waals surface area contributed by atoms with Crippen LogP contribution in [0.4, 0.5) is 0 Å². The van der Waals surface area contributed by atoms with Gasteiger partial charge < -0.3 is 4.90 Å². The fraction of sp³-hybridized carbons (Fsp3) is 0.333. The quantitative estimate of drug-likeness (QED) is 0.364. The van der Waals surface area contributed by atoms with Crippen molar-refractivity contribution in [3.8, 4) is 0 Å². The maximum atomic E-state index is 10.1. The lowest BCUT2D eigenvalue weighted by Crippen LogP contribution is -2.23. The first-order valence-electron chi connectivity index (χ1n) is 4.68. The highest BCUT2D eigenvalue weighted by Crippen LogP contribution is 2.20. The Morgan fingerprint density at radius 3 is 3.12 bits per heavy atom. The Balaban J connectivity index is 2.06. The van der Waals surface area contributed by atoms with Crippen molar-refractivity contribution < 1.29 is 0 Å². The third-order valence-corrected chi connectivity index (χ3v) is 3.77. The molecule has 1 aliphatic heterocycles. The number of hydrogen-bond donors (Lipinski definition) is 0. The molecule has 0 bridgehead atoms. The molecule has 84 valence electrons. The molecule has 0 aliphatic carbocycles. The summed E-state index contributed by atoms with van der Waals surface area (Å²) in [7, 11) is 0. The summed E-state index contributed by atoms with van der Waals surface area (Å²) in [6.45, 7) is 1.62. The van der Waals surface area contributed by atoms with Gasteiger partial charge in [0.1, 0.15) is 3.70 Å². The van der Waals surface area contributed by atoms with Crippen LogP contribution in [0.3, 0.4) is 0 Å². The van der Waals surface area contributed by atoms with Crippen LogP contribution in [-0.4, -0.2) is 27.3 Å². The van der Waals surface area contributed by atoms with Crippen LogP contribution < -0.4 is 0 Å². The van der Waals surface area contributed by atoms with E-state index < -0.39 is 0 Å². The summed E-state index contributed by atoms with van der Waals surface area (Å²) < 4.78 is 0.973. The standard InChI is InChI=1S/C9H9IN4OS/c10-8-2-1-7(5-11-8)6-14-3-4-16-9(14)12-13-15/h1-2,5H,3-4,6H2/b12-9-. The highest BCUT2D eigenvalue weighted by atomic mass is 127. The van der Waals surface area contributed by atoms with Gasteiger partial charge in [0.05, 0.1) is 5.29 Å². The molecule has 1 aromatic heterocycles. The Morgan fingerprint density at radius 1 is 1.56 bits per heavy atom. The molecule has 1 saturated heterocycles. The predicted octanol–water partition coefficient (Wildman–Crippen LogP) is 2.27. The zero-order chi connectivity index (χ0) is 11.4. The molecule has 0 unspecified atom stereocenters. The topological polar surface area (TPSA) is 57.9 Å². The predicted molar refractivity (Wildman–Crippen MR) is 73.1 cm³/mol. The van der Waals surface area contributed by atoms with Crippen molar-refractivity contribution in [2.75, 3.05) is 12.3 Å². The number of halogens is 1. The molecule has 0 aromatic carbocycles. The molecule has 0 spiro atoms. The minimum Gasteiger partial charge on any atom is -0.344 e. The van der Waals surface area contributed by atoms with Gasteiger partial charge in [-0.3, -0.25) is 0 Å². The molecule has 1 aliphatic rings. The summed E-state index contributed by atoms with van der Waals surface area (Å²) in [6, 6.07) is 4.00. The van der Waals surface area contributed by atoms with Gasteiger partial charge in [0.15, 0.2) is 5.17 Å². The SMILES string of the molecule is O=N/N=C1\SCCN1Cc1ccc(I)nc1. The average molecular weight is 348 g/mol. The van der Waals surface area contributed by atoms with Crippen molar-refractivity contribution in [3.05, 3.63) is 32.5 Å². The Morgan fingerprint density at radius 2 is 2.44 bits per heavy atom. The molecule has 1 fully saturated rings. The van der Waals surface area contributed by atoms with Crippen molar-refractivity contribution in [1.29, 1.82) is 0 Å². The van der Waals surface area contributed by atoms with E-state index in [1.54, 1.807) is 11.8 Å². The molecule has 16 heavy (non-hydrogen) atoms. The van der Waals surface area contributed by atoms with E-state index in [0.717, 1.165) is 28.1 Å². The molecule has 2 heterocycles. The van der Waals surface area contributed by atoms with Crippen LogP contribution in [-0.2, 0) is 6.54 Å².